The number of hydrogen-bond acceptors (Lipinski definition) is 12. The average Bonchev–Trinajstić information content (AvgIpc) is 3.54. The first-order valence-electron chi connectivity index (χ1n) is 19.3. The van der Waals surface area contributed by atoms with E-state index in [-0.39, 0.29) is 42.1 Å². The van der Waals surface area contributed by atoms with Crippen LogP contribution in [-0.4, -0.2) is 113 Å². The highest BCUT2D eigenvalue weighted by molar-refractivity contribution is 6.33. The van der Waals surface area contributed by atoms with Crippen LogP contribution in [0.1, 0.15) is 41.6 Å². The van der Waals surface area contributed by atoms with Crippen LogP contribution in [0.15, 0.2) is 53.5 Å². The summed E-state index contributed by atoms with van der Waals surface area (Å²) in [6, 6.07) is 12.5. The standard InChI is InChI=1S/C40H45ClN10O6/c1-42-35(53)23-57-33-19-25-17-27(3-6-31(25)47(2)39(33)56)44-36-30(41)20-43-40(46-36)50-11-9-24(10-12-50)21-48-13-15-49(16-14-48)28-4-5-29-26(18-28)22-51(38(29)55)32-7-8-34(52)45-37(32)54/h3-6,17-20,24,32H,7-16,21-23H2,1-2H3,(H,42,53)(H,43,44,46)(H,45,52,54). The molecule has 0 spiro atoms. The van der Waals surface area contributed by atoms with Crippen LogP contribution in [0.25, 0.3) is 10.9 Å². The van der Waals surface area contributed by atoms with E-state index in [1.807, 2.05) is 30.3 Å². The maximum atomic E-state index is 13.1. The van der Waals surface area contributed by atoms with E-state index >= 15 is 0 Å². The third-order valence-electron chi connectivity index (χ3n) is 11.5. The Labute approximate surface area is 334 Å². The summed E-state index contributed by atoms with van der Waals surface area (Å²) in [4.78, 5) is 79.8. The minimum atomic E-state index is -0.614. The van der Waals surface area contributed by atoms with Gasteiger partial charge in [0.1, 0.15) is 11.1 Å². The van der Waals surface area contributed by atoms with Crippen molar-refractivity contribution in [2.24, 2.45) is 13.0 Å². The van der Waals surface area contributed by atoms with Gasteiger partial charge in [-0.05, 0) is 73.2 Å². The number of benzene rings is 2. The van der Waals surface area contributed by atoms with Gasteiger partial charge in [0.2, 0.25) is 17.8 Å². The van der Waals surface area contributed by atoms with Gasteiger partial charge in [-0.1, -0.05) is 11.6 Å². The molecule has 16 nitrogen and oxygen atoms in total. The van der Waals surface area contributed by atoms with Crippen molar-refractivity contribution in [3.63, 3.8) is 0 Å². The number of amides is 4. The molecule has 8 rings (SSSR count). The summed E-state index contributed by atoms with van der Waals surface area (Å²) in [6.45, 7) is 6.48. The summed E-state index contributed by atoms with van der Waals surface area (Å²) < 4.78 is 6.99. The molecular formula is C40H45ClN10O6. The van der Waals surface area contributed by atoms with Gasteiger partial charge in [-0.3, -0.25) is 34.2 Å². The fourth-order valence-corrected chi connectivity index (χ4v) is 8.35. The van der Waals surface area contributed by atoms with Crippen LogP contribution in [0.3, 0.4) is 0 Å². The Balaban J connectivity index is 0.834. The van der Waals surface area contributed by atoms with Crippen LogP contribution in [0.2, 0.25) is 5.02 Å². The van der Waals surface area contributed by atoms with Crippen molar-refractivity contribution in [1.82, 2.24) is 35.0 Å². The normalized spacial score (nSPS) is 19.2. The number of pyridine rings is 1. The second-order valence-corrected chi connectivity index (χ2v) is 15.5. The zero-order chi connectivity index (χ0) is 39.8. The second-order valence-electron chi connectivity index (χ2n) is 15.1. The summed E-state index contributed by atoms with van der Waals surface area (Å²) in [6.07, 6.45) is 4.24. The molecule has 2 aromatic carbocycles. The number of rotatable bonds is 10. The number of nitrogens with zero attached hydrogens (tertiary/aromatic N) is 7. The first kappa shape index (κ1) is 38.1. The molecule has 2 aromatic heterocycles. The molecule has 4 aromatic rings. The third-order valence-corrected chi connectivity index (χ3v) is 11.8. The van der Waals surface area contributed by atoms with Gasteiger partial charge in [-0.15, -0.1) is 0 Å². The van der Waals surface area contributed by atoms with Crippen molar-refractivity contribution < 1.29 is 23.9 Å². The lowest BCUT2D eigenvalue weighted by Gasteiger charge is -2.39. The van der Waals surface area contributed by atoms with E-state index in [0.717, 1.165) is 75.3 Å². The van der Waals surface area contributed by atoms with Crippen molar-refractivity contribution in [2.45, 2.75) is 38.3 Å². The van der Waals surface area contributed by atoms with E-state index in [4.69, 9.17) is 21.3 Å². The van der Waals surface area contributed by atoms with Gasteiger partial charge < -0.3 is 34.6 Å². The molecule has 0 aliphatic carbocycles. The number of piperidine rings is 2. The van der Waals surface area contributed by atoms with E-state index in [9.17, 15) is 24.0 Å². The molecule has 3 saturated heterocycles. The number of carbonyl (C=O) groups is 4. The van der Waals surface area contributed by atoms with Crippen LogP contribution < -0.4 is 36.0 Å². The molecule has 3 N–H and O–H groups in total. The van der Waals surface area contributed by atoms with Gasteiger partial charge in [0, 0.05) is 95.2 Å². The number of aromatic nitrogens is 3. The van der Waals surface area contributed by atoms with Gasteiger partial charge in [-0.2, -0.15) is 4.98 Å². The number of nitrogens with one attached hydrogen (secondary N) is 3. The Morgan fingerprint density at radius 1 is 0.965 bits per heavy atom. The van der Waals surface area contributed by atoms with E-state index in [1.165, 1.54) is 11.6 Å². The van der Waals surface area contributed by atoms with Crippen LogP contribution in [-0.2, 0) is 28.0 Å². The Hall–Kier alpha value is -5.74. The Bertz CT molecular complexity index is 2300. The molecule has 0 radical (unpaired) electrons. The largest absolute Gasteiger partial charge is 0.478 e. The molecule has 6 heterocycles. The van der Waals surface area contributed by atoms with Crippen LogP contribution in [0, 0.1) is 5.92 Å². The number of imide groups is 1. The van der Waals surface area contributed by atoms with Gasteiger partial charge >= 0.3 is 0 Å². The molecule has 4 aliphatic heterocycles. The summed E-state index contributed by atoms with van der Waals surface area (Å²) in [5.74, 6) is 0.552. The summed E-state index contributed by atoms with van der Waals surface area (Å²) in [5.41, 5.74) is 3.72. The predicted octanol–water partition coefficient (Wildman–Crippen LogP) is 2.65. The quantitative estimate of drug-likeness (QED) is 0.201. The highest BCUT2D eigenvalue weighted by Gasteiger charge is 2.39. The monoisotopic (exact) mass is 796 g/mol. The maximum absolute atomic E-state index is 13.1. The van der Waals surface area contributed by atoms with Crippen molar-refractivity contribution in [1.29, 1.82) is 0 Å². The minimum absolute atomic E-state index is 0.0798. The number of ether oxygens (including phenoxy) is 1. The summed E-state index contributed by atoms with van der Waals surface area (Å²) in [5, 5.41) is 9.28. The van der Waals surface area contributed by atoms with Crippen molar-refractivity contribution in [3.8, 4) is 5.75 Å². The minimum Gasteiger partial charge on any atom is -0.478 e. The fraction of sp³-hybridized carbons (Fsp3) is 0.425. The topological polar surface area (TPSA) is 174 Å². The molecule has 298 valence electrons. The summed E-state index contributed by atoms with van der Waals surface area (Å²) >= 11 is 6.56. The number of carbonyl (C=O) groups excluding carboxylic acids is 4. The molecule has 57 heavy (non-hydrogen) atoms. The third kappa shape index (κ3) is 7.96. The molecule has 4 amide bonds. The molecule has 1 atom stereocenters. The highest BCUT2D eigenvalue weighted by Crippen LogP contribution is 2.32. The lowest BCUT2D eigenvalue weighted by atomic mass is 9.96. The van der Waals surface area contributed by atoms with E-state index < -0.39 is 11.9 Å². The number of aryl methyl sites for hydroxylation is 1. The fourth-order valence-electron chi connectivity index (χ4n) is 8.21. The van der Waals surface area contributed by atoms with Gasteiger partial charge in [0.05, 0.1) is 11.7 Å². The second kappa shape index (κ2) is 16.0. The predicted molar refractivity (Wildman–Crippen MR) is 215 cm³/mol. The Kier molecular flexibility index (Phi) is 10.7. The van der Waals surface area contributed by atoms with E-state index in [0.29, 0.717) is 52.4 Å². The zero-order valence-electron chi connectivity index (χ0n) is 31.9. The summed E-state index contributed by atoms with van der Waals surface area (Å²) in [7, 11) is 3.16. The number of halogens is 1. The van der Waals surface area contributed by atoms with Crippen LogP contribution in [0.4, 0.5) is 23.1 Å². The van der Waals surface area contributed by atoms with Gasteiger partial charge in [-0.25, -0.2) is 4.98 Å². The van der Waals surface area contributed by atoms with E-state index in [1.54, 1.807) is 24.2 Å². The van der Waals surface area contributed by atoms with Crippen LogP contribution in [0.5, 0.6) is 5.75 Å². The van der Waals surface area contributed by atoms with Crippen molar-refractivity contribution >= 4 is 69.3 Å². The van der Waals surface area contributed by atoms with E-state index in [2.05, 4.69) is 41.7 Å². The first-order chi connectivity index (χ1) is 27.5. The molecule has 1 unspecified atom stereocenters. The first-order valence-corrected chi connectivity index (χ1v) is 19.7. The lowest BCUT2D eigenvalue weighted by Crippen LogP contribution is -2.52. The number of fused-ring (bicyclic) bond motifs is 2. The number of likely N-dealkylation sites (N-methyl/N-ethyl adjacent to an activating group) is 1. The SMILES string of the molecule is CNC(=O)COc1cc2cc(Nc3nc(N4CCC(CN5CCN(c6ccc7c(c6)CN(C6CCC(=O)NC6=O)C7=O)CC5)CC4)ncc3Cl)ccc2n(C)c1=O. The molecular weight excluding hydrogens is 752 g/mol. The smallest absolute Gasteiger partial charge is 0.293 e. The maximum Gasteiger partial charge on any atom is 0.293 e. The molecule has 17 heteroatoms. The Morgan fingerprint density at radius 2 is 1.75 bits per heavy atom. The Morgan fingerprint density at radius 3 is 2.51 bits per heavy atom. The molecule has 3 fully saturated rings. The van der Waals surface area contributed by atoms with Gasteiger partial charge in [0.25, 0.3) is 17.4 Å². The highest BCUT2D eigenvalue weighted by atomic mass is 35.5. The lowest BCUT2D eigenvalue weighted by molar-refractivity contribution is -0.137. The number of hydrogen-bond donors (Lipinski definition) is 3. The van der Waals surface area contributed by atoms with Crippen LogP contribution >= 0.6 is 11.6 Å². The number of piperazine rings is 1. The number of anilines is 4. The van der Waals surface area contributed by atoms with Gasteiger partial charge in [0.15, 0.2) is 18.2 Å². The molecule has 0 saturated carbocycles. The van der Waals surface area contributed by atoms with Crippen molar-refractivity contribution in [2.75, 3.05) is 74.6 Å². The molecule has 4 aliphatic rings. The van der Waals surface area contributed by atoms with Crippen molar-refractivity contribution in [3.05, 3.63) is 75.2 Å². The average molecular weight is 797 g/mol. The zero-order valence-corrected chi connectivity index (χ0v) is 32.7. The molecule has 0 bridgehead atoms.